The van der Waals surface area contributed by atoms with Crippen molar-refractivity contribution in [3.05, 3.63) is 59.7 Å². The van der Waals surface area contributed by atoms with Crippen molar-refractivity contribution in [3.63, 3.8) is 0 Å². The fourth-order valence-electron chi connectivity index (χ4n) is 2.67. The fourth-order valence-corrected chi connectivity index (χ4v) is 2.67. The largest absolute Gasteiger partial charge is 0.497 e. The number of anilines is 1. The molecule has 1 aliphatic heterocycles. The molecule has 2 aromatic rings. The van der Waals surface area contributed by atoms with Crippen LogP contribution in [0.2, 0.25) is 0 Å². The summed E-state index contributed by atoms with van der Waals surface area (Å²) in [7, 11) is 1.65. The summed E-state index contributed by atoms with van der Waals surface area (Å²) in [4.78, 5) is 11.3. The number of aldehydes is 1. The maximum absolute atomic E-state index is 11.3. The number of benzene rings is 2. The molecule has 0 saturated carbocycles. The summed E-state index contributed by atoms with van der Waals surface area (Å²) in [6, 6.07) is 15.7. The zero-order valence-corrected chi connectivity index (χ0v) is 10.7. The lowest BCUT2D eigenvalue weighted by Crippen LogP contribution is -2.22. The first kappa shape index (κ1) is 11.8. The molecule has 1 aliphatic rings. The van der Waals surface area contributed by atoms with Crippen molar-refractivity contribution in [2.24, 2.45) is 0 Å². The molecular formula is C16H15NO2. The monoisotopic (exact) mass is 253 g/mol. The van der Waals surface area contributed by atoms with Gasteiger partial charge in [0.15, 0.2) is 0 Å². The summed E-state index contributed by atoms with van der Waals surface area (Å²) >= 11 is 0. The molecule has 0 fully saturated rings. The van der Waals surface area contributed by atoms with Gasteiger partial charge < -0.3 is 14.8 Å². The van der Waals surface area contributed by atoms with E-state index in [-0.39, 0.29) is 12.0 Å². The first-order valence-electron chi connectivity index (χ1n) is 6.28. The Balaban J connectivity index is 2.10. The van der Waals surface area contributed by atoms with Crippen molar-refractivity contribution < 1.29 is 9.53 Å². The highest BCUT2D eigenvalue weighted by atomic mass is 16.5. The van der Waals surface area contributed by atoms with E-state index in [1.807, 2.05) is 36.4 Å². The summed E-state index contributed by atoms with van der Waals surface area (Å²) in [5, 5.41) is 3.26. The molecule has 3 rings (SSSR count). The van der Waals surface area contributed by atoms with Crippen LogP contribution in [0, 0.1) is 0 Å². The van der Waals surface area contributed by atoms with Crippen molar-refractivity contribution in [1.82, 2.24) is 0 Å². The SMILES string of the molecule is COc1ccc2c(c1)[C@H](c1ccccc1)[C@@H](C=O)N2. The van der Waals surface area contributed by atoms with E-state index in [2.05, 4.69) is 17.4 Å². The molecule has 0 radical (unpaired) electrons. The molecule has 3 nitrogen and oxygen atoms in total. The van der Waals surface area contributed by atoms with Crippen LogP contribution in [0.1, 0.15) is 17.0 Å². The van der Waals surface area contributed by atoms with E-state index in [0.29, 0.717) is 0 Å². The number of fused-ring (bicyclic) bond motifs is 1. The second-order valence-electron chi connectivity index (χ2n) is 4.65. The summed E-state index contributed by atoms with van der Waals surface area (Å²) in [5.74, 6) is 0.858. The van der Waals surface area contributed by atoms with Crippen molar-refractivity contribution in [2.75, 3.05) is 12.4 Å². The second kappa shape index (κ2) is 4.76. The Kier molecular flexibility index (Phi) is 2.95. The third-order valence-electron chi connectivity index (χ3n) is 3.58. The van der Waals surface area contributed by atoms with Gasteiger partial charge in [-0.25, -0.2) is 0 Å². The van der Waals surface area contributed by atoms with Crippen molar-refractivity contribution >= 4 is 12.0 Å². The van der Waals surface area contributed by atoms with Crippen LogP contribution in [0.25, 0.3) is 0 Å². The molecule has 0 bridgehead atoms. The highest BCUT2D eigenvalue weighted by Gasteiger charge is 2.33. The topological polar surface area (TPSA) is 38.3 Å². The number of carbonyl (C=O) groups is 1. The van der Waals surface area contributed by atoms with Crippen LogP contribution in [0.3, 0.4) is 0 Å². The Morgan fingerprint density at radius 2 is 1.95 bits per heavy atom. The zero-order chi connectivity index (χ0) is 13.2. The summed E-state index contributed by atoms with van der Waals surface area (Å²) in [5.41, 5.74) is 3.26. The highest BCUT2D eigenvalue weighted by molar-refractivity contribution is 5.76. The number of carbonyl (C=O) groups excluding carboxylic acids is 1. The molecule has 0 spiro atoms. The van der Waals surface area contributed by atoms with E-state index in [1.165, 1.54) is 0 Å². The normalized spacial score (nSPS) is 20.5. The van der Waals surface area contributed by atoms with Gasteiger partial charge in [-0.3, -0.25) is 0 Å². The molecule has 0 aliphatic carbocycles. The van der Waals surface area contributed by atoms with Crippen molar-refractivity contribution in [1.29, 1.82) is 0 Å². The predicted molar refractivity (Wildman–Crippen MR) is 74.8 cm³/mol. The minimum absolute atomic E-state index is 0.0452. The number of rotatable bonds is 3. The maximum atomic E-state index is 11.3. The molecule has 1 heterocycles. The quantitative estimate of drug-likeness (QED) is 0.855. The average Bonchev–Trinajstić information content (AvgIpc) is 2.85. The number of hydrogen-bond acceptors (Lipinski definition) is 3. The van der Waals surface area contributed by atoms with E-state index in [0.717, 1.165) is 28.8 Å². The van der Waals surface area contributed by atoms with E-state index < -0.39 is 0 Å². The van der Waals surface area contributed by atoms with Gasteiger partial charge in [-0.05, 0) is 29.3 Å². The lowest BCUT2D eigenvalue weighted by atomic mass is 9.88. The molecule has 96 valence electrons. The third kappa shape index (κ3) is 1.97. The Bertz CT molecular complexity index is 595. The van der Waals surface area contributed by atoms with Crippen LogP contribution in [0.4, 0.5) is 5.69 Å². The molecule has 2 atom stereocenters. The van der Waals surface area contributed by atoms with E-state index in [4.69, 9.17) is 4.74 Å². The van der Waals surface area contributed by atoms with Crippen LogP contribution < -0.4 is 10.1 Å². The fraction of sp³-hybridized carbons (Fsp3) is 0.188. The van der Waals surface area contributed by atoms with E-state index in [9.17, 15) is 4.79 Å². The van der Waals surface area contributed by atoms with Crippen LogP contribution >= 0.6 is 0 Å². The van der Waals surface area contributed by atoms with Gasteiger partial charge in [0.25, 0.3) is 0 Å². The van der Waals surface area contributed by atoms with Crippen LogP contribution in [0.5, 0.6) is 5.75 Å². The minimum Gasteiger partial charge on any atom is -0.497 e. The van der Waals surface area contributed by atoms with Crippen LogP contribution in [-0.2, 0) is 4.79 Å². The standard InChI is InChI=1S/C16H15NO2/c1-19-12-7-8-14-13(9-12)16(15(10-18)17-14)11-5-3-2-4-6-11/h2-10,15-17H,1H3/t15-,16+/m1/s1. The first-order valence-corrected chi connectivity index (χ1v) is 6.28. The minimum atomic E-state index is -0.218. The third-order valence-corrected chi connectivity index (χ3v) is 3.58. The molecule has 0 saturated heterocycles. The van der Waals surface area contributed by atoms with Gasteiger partial charge in [-0.15, -0.1) is 0 Å². The Morgan fingerprint density at radius 3 is 2.63 bits per heavy atom. The van der Waals surface area contributed by atoms with Gasteiger partial charge in [-0.1, -0.05) is 30.3 Å². The summed E-state index contributed by atoms with van der Waals surface area (Å²) in [6.45, 7) is 0. The van der Waals surface area contributed by atoms with Crippen LogP contribution in [-0.4, -0.2) is 19.4 Å². The second-order valence-corrected chi connectivity index (χ2v) is 4.65. The average molecular weight is 253 g/mol. The lowest BCUT2D eigenvalue weighted by molar-refractivity contribution is -0.108. The van der Waals surface area contributed by atoms with Gasteiger partial charge in [0.2, 0.25) is 0 Å². The van der Waals surface area contributed by atoms with E-state index >= 15 is 0 Å². The molecular weight excluding hydrogens is 238 g/mol. The van der Waals surface area contributed by atoms with Crippen LogP contribution in [0.15, 0.2) is 48.5 Å². The van der Waals surface area contributed by atoms with Gasteiger partial charge in [0, 0.05) is 11.6 Å². The molecule has 0 unspecified atom stereocenters. The molecule has 0 aromatic heterocycles. The predicted octanol–water partition coefficient (Wildman–Crippen LogP) is 2.82. The van der Waals surface area contributed by atoms with Crippen molar-refractivity contribution in [3.8, 4) is 5.75 Å². The molecule has 0 amide bonds. The highest BCUT2D eigenvalue weighted by Crippen LogP contribution is 2.41. The first-order chi connectivity index (χ1) is 9.33. The zero-order valence-electron chi connectivity index (χ0n) is 10.7. The lowest BCUT2D eigenvalue weighted by Gasteiger charge is -2.15. The van der Waals surface area contributed by atoms with Gasteiger partial charge in [-0.2, -0.15) is 0 Å². The molecule has 2 aromatic carbocycles. The summed E-state index contributed by atoms with van der Waals surface area (Å²) in [6.07, 6.45) is 0.976. The van der Waals surface area contributed by atoms with Gasteiger partial charge in [0.1, 0.15) is 12.0 Å². The number of hydrogen-bond donors (Lipinski definition) is 1. The number of nitrogens with one attached hydrogen (secondary N) is 1. The maximum Gasteiger partial charge on any atom is 0.143 e. The molecule has 1 N–H and O–H groups in total. The Morgan fingerprint density at radius 1 is 1.16 bits per heavy atom. The number of ether oxygens (including phenoxy) is 1. The van der Waals surface area contributed by atoms with E-state index in [1.54, 1.807) is 7.11 Å². The molecule has 19 heavy (non-hydrogen) atoms. The van der Waals surface area contributed by atoms with Crippen molar-refractivity contribution in [2.45, 2.75) is 12.0 Å². The molecule has 3 heteroatoms. The summed E-state index contributed by atoms with van der Waals surface area (Å²) < 4.78 is 5.28. The Hall–Kier alpha value is -2.29. The smallest absolute Gasteiger partial charge is 0.143 e. The number of methoxy groups -OCH3 is 1. The van der Waals surface area contributed by atoms with Gasteiger partial charge in [0.05, 0.1) is 13.2 Å². The van der Waals surface area contributed by atoms with Gasteiger partial charge >= 0.3 is 0 Å². The Labute approximate surface area is 112 Å².